The van der Waals surface area contributed by atoms with Crippen molar-refractivity contribution in [2.75, 3.05) is 18.4 Å². The first kappa shape index (κ1) is 24.8. The summed E-state index contributed by atoms with van der Waals surface area (Å²) in [6, 6.07) is 9.31. The predicted octanol–water partition coefficient (Wildman–Crippen LogP) is 3.37. The van der Waals surface area contributed by atoms with E-state index in [1.165, 1.54) is 14.1 Å². The first-order valence-corrected chi connectivity index (χ1v) is 14.1. The molecule has 0 atom stereocenters. The number of nitrogens with one attached hydrogen (secondary N) is 1. The second-order valence-electron chi connectivity index (χ2n) is 10.3. The Morgan fingerprint density at radius 3 is 2.53 bits per heavy atom. The molecule has 0 spiro atoms. The van der Waals surface area contributed by atoms with Crippen LogP contribution in [0.25, 0.3) is 15.9 Å². The number of nitrogens with zero attached hydrogens (tertiary/aromatic N) is 5. The van der Waals surface area contributed by atoms with E-state index in [-0.39, 0.29) is 23.4 Å². The summed E-state index contributed by atoms with van der Waals surface area (Å²) in [6.07, 6.45) is 6.32. The Bertz CT molecular complexity index is 1640. The van der Waals surface area contributed by atoms with Crippen molar-refractivity contribution in [3.8, 4) is 5.69 Å². The van der Waals surface area contributed by atoms with Gasteiger partial charge in [-0.1, -0.05) is 18.2 Å². The average Bonchev–Trinajstić information content (AvgIpc) is 3.61. The zero-order chi connectivity index (χ0) is 26.4. The molecule has 0 bridgehead atoms. The third-order valence-corrected chi connectivity index (χ3v) is 9.02. The van der Waals surface area contributed by atoms with Crippen LogP contribution in [-0.2, 0) is 37.8 Å². The Morgan fingerprint density at radius 1 is 1.03 bits per heavy atom. The minimum Gasteiger partial charge on any atom is -0.318 e. The van der Waals surface area contributed by atoms with Gasteiger partial charge in [-0.15, -0.1) is 11.3 Å². The van der Waals surface area contributed by atoms with Crippen molar-refractivity contribution in [3.63, 3.8) is 0 Å². The number of likely N-dealkylation sites (tertiary alicyclic amines) is 1. The van der Waals surface area contributed by atoms with Crippen molar-refractivity contribution >= 4 is 33.1 Å². The van der Waals surface area contributed by atoms with Crippen molar-refractivity contribution in [2.45, 2.75) is 58.5 Å². The monoisotopic (exact) mass is 532 g/mol. The number of carbonyl (C=O) groups is 1. The summed E-state index contributed by atoms with van der Waals surface area (Å²) in [5.74, 6) is 0.204. The van der Waals surface area contributed by atoms with Gasteiger partial charge in [-0.3, -0.25) is 28.5 Å². The van der Waals surface area contributed by atoms with Gasteiger partial charge < -0.3 is 5.32 Å². The van der Waals surface area contributed by atoms with Crippen LogP contribution in [0.2, 0.25) is 0 Å². The maximum atomic E-state index is 13.9. The van der Waals surface area contributed by atoms with Gasteiger partial charge in [0.2, 0.25) is 5.91 Å². The van der Waals surface area contributed by atoms with Gasteiger partial charge in [0.1, 0.15) is 22.9 Å². The second-order valence-corrected chi connectivity index (χ2v) is 11.4. The number of aryl methyl sites for hydroxylation is 2. The molecule has 38 heavy (non-hydrogen) atoms. The minimum absolute atomic E-state index is 0.148. The van der Waals surface area contributed by atoms with E-state index in [1.54, 1.807) is 30.0 Å². The topological polar surface area (TPSA) is 94.2 Å². The molecule has 1 aliphatic heterocycles. The van der Waals surface area contributed by atoms with Crippen molar-refractivity contribution in [3.05, 3.63) is 73.0 Å². The molecule has 1 fully saturated rings. The number of thiophene rings is 1. The summed E-state index contributed by atoms with van der Waals surface area (Å²) in [6.45, 7) is 4.07. The van der Waals surface area contributed by atoms with Crippen LogP contribution in [-0.4, -0.2) is 42.8 Å². The van der Waals surface area contributed by atoms with E-state index in [0.29, 0.717) is 29.1 Å². The molecule has 2 aliphatic rings. The molecule has 9 nitrogen and oxygen atoms in total. The summed E-state index contributed by atoms with van der Waals surface area (Å²) < 4.78 is 4.79. The zero-order valence-corrected chi connectivity index (χ0v) is 22.6. The molecule has 6 rings (SSSR count). The van der Waals surface area contributed by atoms with Gasteiger partial charge in [0, 0.05) is 11.9 Å². The highest BCUT2D eigenvalue weighted by Gasteiger charge is 2.25. The Labute approximate surface area is 224 Å². The van der Waals surface area contributed by atoms with E-state index in [9.17, 15) is 14.4 Å². The van der Waals surface area contributed by atoms with E-state index in [1.807, 2.05) is 30.3 Å². The Balaban J connectivity index is 1.36. The molecular formula is C28H32N6O3S. The molecule has 1 saturated heterocycles. The minimum atomic E-state index is -0.411. The summed E-state index contributed by atoms with van der Waals surface area (Å²) >= 11 is 1.63. The van der Waals surface area contributed by atoms with E-state index in [0.717, 1.165) is 62.0 Å². The molecule has 3 aromatic heterocycles. The van der Waals surface area contributed by atoms with Crippen LogP contribution < -0.4 is 16.4 Å². The molecule has 0 unspecified atom stereocenters. The SMILES string of the molecule is Cc1c(NC(=O)Cn2c(CN3CCCC3)nc3sc4c(c3c2=O)CCCC4)c(=O)n(-c2ccccc2)n1C. The summed E-state index contributed by atoms with van der Waals surface area (Å²) in [4.78, 5) is 49.8. The van der Waals surface area contributed by atoms with Gasteiger partial charge in [-0.05, 0) is 76.2 Å². The molecule has 4 aromatic rings. The van der Waals surface area contributed by atoms with Crippen LogP contribution in [0.5, 0.6) is 0 Å². The third kappa shape index (κ3) is 4.31. The van der Waals surface area contributed by atoms with Crippen molar-refractivity contribution < 1.29 is 4.79 Å². The van der Waals surface area contributed by atoms with Crippen molar-refractivity contribution in [1.29, 1.82) is 0 Å². The highest BCUT2D eigenvalue weighted by atomic mass is 32.1. The van der Waals surface area contributed by atoms with Crippen LogP contribution in [0.3, 0.4) is 0 Å². The molecule has 1 N–H and O–H groups in total. The van der Waals surface area contributed by atoms with E-state index >= 15 is 0 Å². The molecule has 1 aliphatic carbocycles. The molecule has 0 radical (unpaired) electrons. The van der Waals surface area contributed by atoms with E-state index < -0.39 is 5.91 Å². The number of para-hydroxylation sites is 1. The fourth-order valence-corrected chi connectivity index (χ4v) is 7.01. The number of fused-ring (bicyclic) bond motifs is 3. The Kier molecular flexibility index (Phi) is 6.53. The summed E-state index contributed by atoms with van der Waals surface area (Å²) in [7, 11) is 1.79. The maximum Gasteiger partial charge on any atom is 0.295 e. The predicted molar refractivity (Wildman–Crippen MR) is 149 cm³/mol. The lowest BCUT2D eigenvalue weighted by Gasteiger charge is -2.18. The number of hydrogen-bond acceptors (Lipinski definition) is 6. The lowest BCUT2D eigenvalue weighted by Crippen LogP contribution is -2.34. The maximum absolute atomic E-state index is 13.9. The zero-order valence-electron chi connectivity index (χ0n) is 21.8. The second kappa shape index (κ2) is 9.99. The van der Waals surface area contributed by atoms with Gasteiger partial charge >= 0.3 is 0 Å². The highest BCUT2D eigenvalue weighted by Crippen LogP contribution is 2.34. The van der Waals surface area contributed by atoms with E-state index in [2.05, 4.69) is 10.2 Å². The fraction of sp³-hybridized carbons (Fsp3) is 0.429. The van der Waals surface area contributed by atoms with Gasteiger partial charge in [0.25, 0.3) is 11.1 Å². The number of amides is 1. The first-order chi connectivity index (χ1) is 18.4. The summed E-state index contributed by atoms with van der Waals surface area (Å²) in [5, 5.41) is 3.49. The van der Waals surface area contributed by atoms with Crippen LogP contribution in [0, 0.1) is 6.92 Å². The van der Waals surface area contributed by atoms with Crippen LogP contribution >= 0.6 is 11.3 Å². The molecule has 0 saturated carbocycles. The normalized spacial score (nSPS) is 15.7. The quantitative estimate of drug-likeness (QED) is 0.411. The molecule has 10 heteroatoms. The van der Waals surface area contributed by atoms with Gasteiger partial charge in [-0.25, -0.2) is 9.67 Å². The van der Waals surface area contributed by atoms with E-state index in [4.69, 9.17) is 4.98 Å². The van der Waals surface area contributed by atoms with Gasteiger partial charge in [0.05, 0.1) is 23.3 Å². The number of carbonyl (C=O) groups excluding carboxylic acids is 1. The Morgan fingerprint density at radius 2 is 1.76 bits per heavy atom. The first-order valence-electron chi connectivity index (χ1n) is 13.3. The summed E-state index contributed by atoms with van der Waals surface area (Å²) in [5.41, 5.74) is 2.22. The molecule has 4 heterocycles. The molecular weight excluding hydrogens is 500 g/mol. The largest absolute Gasteiger partial charge is 0.318 e. The molecule has 1 aromatic carbocycles. The van der Waals surface area contributed by atoms with Crippen molar-refractivity contribution in [2.24, 2.45) is 7.05 Å². The lowest BCUT2D eigenvalue weighted by molar-refractivity contribution is -0.116. The molecule has 198 valence electrons. The Hall–Kier alpha value is -3.50. The van der Waals surface area contributed by atoms with Gasteiger partial charge in [0.15, 0.2) is 0 Å². The smallest absolute Gasteiger partial charge is 0.295 e. The average molecular weight is 533 g/mol. The number of anilines is 1. The van der Waals surface area contributed by atoms with Crippen molar-refractivity contribution in [1.82, 2.24) is 23.8 Å². The highest BCUT2D eigenvalue weighted by molar-refractivity contribution is 7.18. The molecule has 1 amide bonds. The van der Waals surface area contributed by atoms with Crippen LogP contribution in [0.15, 0.2) is 39.9 Å². The number of aromatic nitrogens is 4. The van der Waals surface area contributed by atoms with Gasteiger partial charge in [-0.2, -0.15) is 0 Å². The van der Waals surface area contributed by atoms with Crippen LogP contribution in [0.1, 0.15) is 47.6 Å². The number of benzene rings is 1. The third-order valence-electron chi connectivity index (χ3n) is 7.84. The number of hydrogen-bond donors (Lipinski definition) is 1. The fourth-order valence-electron chi connectivity index (χ4n) is 5.74. The lowest BCUT2D eigenvalue weighted by atomic mass is 9.97. The van der Waals surface area contributed by atoms with Crippen LogP contribution in [0.4, 0.5) is 5.69 Å². The standard InChI is InChI=1S/C28H32N6O3S/c1-18-25(28(37)34(31(18)2)19-10-4-3-5-11-19)30-23(35)17-33-22(16-32-14-8-9-15-32)29-26-24(27(33)36)20-12-6-7-13-21(20)38-26/h3-5,10-11H,6-9,12-17H2,1-2H3,(H,30,35). The number of rotatable bonds is 6.